The number of aromatic nitrogens is 2. The van der Waals surface area contributed by atoms with E-state index in [0.29, 0.717) is 20.7 Å². The third kappa shape index (κ3) is 3.04. The van der Waals surface area contributed by atoms with Gasteiger partial charge in [0, 0.05) is 10.6 Å². The van der Waals surface area contributed by atoms with Crippen LogP contribution in [0.1, 0.15) is 28.3 Å². The monoisotopic (exact) mass is 282 g/mol. The minimum atomic E-state index is -0.251. The van der Waals surface area contributed by atoms with Gasteiger partial charge >= 0.3 is 0 Å². The Kier molecular flexibility index (Phi) is 3.90. The molecule has 1 aromatic carbocycles. The Hall–Kier alpha value is -1.50. The first-order chi connectivity index (χ1) is 8.56. The van der Waals surface area contributed by atoms with Gasteiger partial charge in [-0.25, -0.2) is 0 Å². The fraction of sp³-hybridized carbons (Fsp3) is 0.182. The highest BCUT2D eigenvalue weighted by Crippen LogP contribution is 2.20. The van der Waals surface area contributed by atoms with Gasteiger partial charge in [-0.3, -0.25) is 10.1 Å². The van der Waals surface area contributed by atoms with Crippen LogP contribution in [-0.2, 0) is 0 Å². The first kappa shape index (κ1) is 12.9. The molecule has 0 saturated carbocycles. The van der Waals surface area contributed by atoms with Gasteiger partial charge in [0.2, 0.25) is 5.13 Å². The Balaban J connectivity index is 2.08. The number of rotatable bonds is 3. The van der Waals surface area contributed by atoms with E-state index in [4.69, 9.17) is 17.3 Å². The highest BCUT2D eigenvalue weighted by Gasteiger charge is 2.11. The van der Waals surface area contributed by atoms with Crippen LogP contribution in [0.4, 0.5) is 5.13 Å². The summed E-state index contributed by atoms with van der Waals surface area (Å²) < 4.78 is 0. The molecule has 2 aromatic rings. The van der Waals surface area contributed by atoms with Gasteiger partial charge < -0.3 is 5.73 Å². The number of anilines is 1. The van der Waals surface area contributed by atoms with E-state index in [1.54, 1.807) is 24.3 Å². The van der Waals surface area contributed by atoms with Crippen LogP contribution in [-0.4, -0.2) is 16.1 Å². The van der Waals surface area contributed by atoms with Gasteiger partial charge in [-0.2, -0.15) is 0 Å². The molecule has 0 aliphatic carbocycles. The zero-order valence-electron chi connectivity index (χ0n) is 9.55. The lowest BCUT2D eigenvalue weighted by Crippen LogP contribution is -2.11. The number of nitrogens with zero attached hydrogens (tertiary/aromatic N) is 2. The molecule has 3 N–H and O–H groups in total. The Bertz CT molecular complexity index is 552. The van der Waals surface area contributed by atoms with Crippen LogP contribution in [0.3, 0.4) is 0 Å². The lowest BCUT2D eigenvalue weighted by Gasteiger charge is -2.00. The Morgan fingerprint density at radius 2 is 2.06 bits per heavy atom. The van der Waals surface area contributed by atoms with Crippen LogP contribution in [0.2, 0.25) is 5.02 Å². The zero-order chi connectivity index (χ0) is 13.1. The lowest BCUT2D eigenvalue weighted by molar-refractivity contribution is 0.102. The smallest absolute Gasteiger partial charge is 0.257 e. The minimum absolute atomic E-state index is 0.191. The Labute approximate surface area is 113 Å². The van der Waals surface area contributed by atoms with Crippen molar-refractivity contribution in [2.24, 2.45) is 5.73 Å². The lowest BCUT2D eigenvalue weighted by atomic mass is 10.2. The van der Waals surface area contributed by atoms with Gasteiger partial charge in [-0.15, -0.1) is 10.2 Å². The number of halogens is 1. The van der Waals surface area contributed by atoms with Crippen molar-refractivity contribution in [1.82, 2.24) is 10.2 Å². The van der Waals surface area contributed by atoms with E-state index in [-0.39, 0.29) is 11.9 Å². The second-order valence-electron chi connectivity index (χ2n) is 3.70. The summed E-state index contributed by atoms with van der Waals surface area (Å²) in [6.45, 7) is 1.81. The number of nitrogens with one attached hydrogen (secondary N) is 1. The van der Waals surface area contributed by atoms with Crippen LogP contribution in [0.25, 0.3) is 0 Å². The molecule has 1 aromatic heterocycles. The number of carbonyl (C=O) groups is 1. The van der Waals surface area contributed by atoms with Crippen molar-refractivity contribution in [2.45, 2.75) is 13.0 Å². The summed E-state index contributed by atoms with van der Waals surface area (Å²) in [5.74, 6) is -0.251. The second-order valence-corrected chi connectivity index (χ2v) is 5.14. The van der Waals surface area contributed by atoms with Gasteiger partial charge in [-0.1, -0.05) is 22.9 Å². The van der Waals surface area contributed by atoms with E-state index in [2.05, 4.69) is 15.5 Å². The average molecular weight is 283 g/mol. The normalized spacial score (nSPS) is 12.2. The van der Waals surface area contributed by atoms with Crippen molar-refractivity contribution in [1.29, 1.82) is 0 Å². The molecule has 2 rings (SSSR count). The van der Waals surface area contributed by atoms with E-state index in [0.717, 1.165) is 0 Å². The third-order valence-electron chi connectivity index (χ3n) is 2.16. The van der Waals surface area contributed by atoms with E-state index < -0.39 is 0 Å². The quantitative estimate of drug-likeness (QED) is 0.906. The number of hydrogen-bond acceptors (Lipinski definition) is 5. The Morgan fingerprint density at radius 3 is 2.61 bits per heavy atom. The molecule has 0 bridgehead atoms. The average Bonchev–Trinajstić information content (AvgIpc) is 2.78. The molecule has 18 heavy (non-hydrogen) atoms. The Morgan fingerprint density at radius 1 is 1.39 bits per heavy atom. The highest BCUT2D eigenvalue weighted by atomic mass is 35.5. The van der Waals surface area contributed by atoms with Crippen molar-refractivity contribution >= 4 is 34.0 Å². The molecule has 7 heteroatoms. The van der Waals surface area contributed by atoms with Crippen molar-refractivity contribution in [2.75, 3.05) is 5.32 Å². The number of hydrogen-bond donors (Lipinski definition) is 2. The number of benzene rings is 1. The van der Waals surface area contributed by atoms with Gasteiger partial charge in [-0.05, 0) is 31.2 Å². The number of amides is 1. The molecule has 5 nitrogen and oxygen atoms in total. The van der Waals surface area contributed by atoms with Gasteiger partial charge in [0.15, 0.2) is 0 Å². The summed E-state index contributed by atoms with van der Waals surface area (Å²) >= 11 is 7.01. The number of nitrogens with two attached hydrogens (primary N) is 1. The van der Waals surface area contributed by atoms with E-state index in [9.17, 15) is 4.79 Å². The first-order valence-electron chi connectivity index (χ1n) is 5.22. The second kappa shape index (κ2) is 5.43. The topological polar surface area (TPSA) is 80.9 Å². The van der Waals surface area contributed by atoms with Crippen LogP contribution in [0, 0.1) is 0 Å². The van der Waals surface area contributed by atoms with Crippen molar-refractivity contribution in [3.63, 3.8) is 0 Å². The van der Waals surface area contributed by atoms with Crippen LogP contribution in [0.5, 0.6) is 0 Å². The summed E-state index contributed by atoms with van der Waals surface area (Å²) in [5.41, 5.74) is 6.18. The van der Waals surface area contributed by atoms with Crippen LogP contribution in [0.15, 0.2) is 24.3 Å². The van der Waals surface area contributed by atoms with E-state index in [1.807, 2.05) is 6.92 Å². The first-order valence-corrected chi connectivity index (χ1v) is 6.41. The molecular weight excluding hydrogens is 272 g/mol. The summed E-state index contributed by atoms with van der Waals surface area (Å²) in [4.78, 5) is 11.9. The fourth-order valence-corrected chi connectivity index (χ4v) is 2.06. The minimum Gasteiger partial charge on any atom is -0.322 e. The maximum absolute atomic E-state index is 11.9. The molecule has 0 fully saturated rings. The predicted molar refractivity (Wildman–Crippen MR) is 71.9 cm³/mol. The molecule has 0 spiro atoms. The van der Waals surface area contributed by atoms with E-state index >= 15 is 0 Å². The van der Waals surface area contributed by atoms with Gasteiger partial charge in [0.1, 0.15) is 5.01 Å². The standard InChI is InChI=1S/C11H11ClN4OS/c1-6(13)10-15-16-11(18-10)14-9(17)7-2-4-8(12)5-3-7/h2-6H,13H2,1H3,(H,14,16,17). The maximum Gasteiger partial charge on any atom is 0.257 e. The fourth-order valence-electron chi connectivity index (χ4n) is 1.24. The number of carbonyl (C=O) groups excluding carboxylic acids is 1. The molecule has 1 atom stereocenters. The molecule has 0 saturated heterocycles. The molecule has 94 valence electrons. The SMILES string of the molecule is CC(N)c1nnc(NC(=O)c2ccc(Cl)cc2)s1. The molecule has 0 radical (unpaired) electrons. The molecule has 1 amide bonds. The zero-order valence-corrected chi connectivity index (χ0v) is 11.1. The molecule has 1 heterocycles. The molecular formula is C11H11ClN4OS. The van der Waals surface area contributed by atoms with Crippen molar-refractivity contribution in [3.05, 3.63) is 39.9 Å². The van der Waals surface area contributed by atoms with Crippen molar-refractivity contribution < 1.29 is 4.79 Å². The summed E-state index contributed by atoms with van der Waals surface area (Å²) in [6.07, 6.45) is 0. The van der Waals surface area contributed by atoms with Crippen molar-refractivity contribution in [3.8, 4) is 0 Å². The third-order valence-corrected chi connectivity index (χ3v) is 3.45. The largest absolute Gasteiger partial charge is 0.322 e. The van der Waals surface area contributed by atoms with Gasteiger partial charge in [0.05, 0.1) is 6.04 Å². The maximum atomic E-state index is 11.9. The van der Waals surface area contributed by atoms with E-state index in [1.165, 1.54) is 11.3 Å². The summed E-state index contributed by atoms with van der Waals surface area (Å²) in [7, 11) is 0. The highest BCUT2D eigenvalue weighted by molar-refractivity contribution is 7.15. The summed E-state index contributed by atoms with van der Waals surface area (Å²) in [6, 6.07) is 6.41. The van der Waals surface area contributed by atoms with Crippen LogP contribution >= 0.6 is 22.9 Å². The molecule has 0 aliphatic rings. The summed E-state index contributed by atoms with van der Waals surface area (Å²) in [5, 5.41) is 12.1. The molecule has 0 aliphatic heterocycles. The van der Waals surface area contributed by atoms with Gasteiger partial charge in [0.25, 0.3) is 5.91 Å². The molecule has 1 unspecified atom stereocenters. The van der Waals surface area contributed by atoms with Crippen LogP contribution < -0.4 is 11.1 Å². The predicted octanol–water partition coefficient (Wildman–Crippen LogP) is 2.46.